The van der Waals surface area contributed by atoms with Gasteiger partial charge in [0.05, 0.1) is 13.0 Å². The van der Waals surface area contributed by atoms with Crippen molar-refractivity contribution in [3.63, 3.8) is 0 Å². The van der Waals surface area contributed by atoms with E-state index in [4.69, 9.17) is 13.9 Å². The van der Waals surface area contributed by atoms with Crippen molar-refractivity contribution in [3.05, 3.63) is 24.2 Å². The van der Waals surface area contributed by atoms with Gasteiger partial charge < -0.3 is 13.9 Å². The lowest BCUT2D eigenvalue weighted by Gasteiger charge is -2.38. The Kier molecular flexibility index (Phi) is 6.29. The molecule has 0 saturated heterocycles. The number of carbonyl (C=O) groups is 1. The Labute approximate surface area is 135 Å². The molecule has 4 nitrogen and oxygen atoms in total. The first kappa shape index (κ1) is 18.8. The van der Waals surface area contributed by atoms with Crippen LogP contribution < -0.4 is 0 Å². The predicted molar refractivity (Wildman–Crippen MR) is 90.8 cm³/mol. The zero-order valence-electron chi connectivity index (χ0n) is 14.9. The van der Waals surface area contributed by atoms with Crippen molar-refractivity contribution in [2.45, 2.75) is 64.8 Å². The Morgan fingerprint density at radius 1 is 1.32 bits per heavy atom. The predicted octanol–water partition coefficient (Wildman–Crippen LogP) is 4.39. The molecule has 0 unspecified atom stereocenters. The lowest BCUT2D eigenvalue weighted by molar-refractivity contribution is -0.150. The van der Waals surface area contributed by atoms with E-state index < -0.39 is 8.32 Å². The SMILES string of the molecule is C/C=C(\O[C@H]1C=CCC[C@@H]1C(=O)OC)O[Si](C)(C)C(C)(C)C. The summed E-state index contributed by atoms with van der Waals surface area (Å²) in [6.45, 7) is 12.8. The molecule has 0 amide bonds. The van der Waals surface area contributed by atoms with E-state index in [1.54, 1.807) is 0 Å². The highest BCUT2D eigenvalue weighted by Gasteiger charge is 2.40. The molecule has 5 heteroatoms. The zero-order valence-corrected chi connectivity index (χ0v) is 15.9. The first-order valence-corrected chi connectivity index (χ1v) is 10.8. The molecule has 0 bridgehead atoms. The van der Waals surface area contributed by atoms with Gasteiger partial charge in [0.15, 0.2) is 0 Å². The lowest BCUT2D eigenvalue weighted by Crippen LogP contribution is -2.41. The van der Waals surface area contributed by atoms with Crippen molar-refractivity contribution in [1.29, 1.82) is 0 Å². The number of rotatable bonds is 5. The number of carbonyl (C=O) groups excluding carboxylic acids is 1. The summed E-state index contributed by atoms with van der Waals surface area (Å²) in [4.78, 5) is 11.9. The molecule has 22 heavy (non-hydrogen) atoms. The third-order valence-electron chi connectivity index (χ3n) is 4.52. The van der Waals surface area contributed by atoms with Gasteiger partial charge in [0.25, 0.3) is 14.3 Å². The van der Waals surface area contributed by atoms with Crippen LogP contribution in [0, 0.1) is 5.92 Å². The molecule has 0 aliphatic heterocycles. The van der Waals surface area contributed by atoms with Crippen LogP contribution in [0.1, 0.15) is 40.5 Å². The fourth-order valence-corrected chi connectivity index (χ4v) is 2.99. The molecule has 0 aromatic carbocycles. The molecule has 0 aromatic rings. The summed E-state index contributed by atoms with van der Waals surface area (Å²) in [5, 5.41) is 0.0920. The fraction of sp³-hybridized carbons (Fsp3) is 0.706. The maximum absolute atomic E-state index is 11.9. The summed E-state index contributed by atoms with van der Waals surface area (Å²) >= 11 is 0. The summed E-state index contributed by atoms with van der Waals surface area (Å²) in [5.41, 5.74) is 0. The van der Waals surface area contributed by atoms with Gasteiger partial charge in [-0.3, -0.25) is 4.79 Å². The molecule has 126 valence electrons. The molecule has 0 fully saturated rings. The molecule has 0 spiro atoms. The number of allylic oxidation sites excluding steroid dienone is 2. The summed E-state index contributed by atoms with van der Waals surface area (Å²) in [7, 11) is -0.547. The molecule has 2 atom stereocenters. The van der Waals surface area contributed by atoms with E-state index in [2.05, 4.69) is 33.9 Å². The number of methoxy groups -OCH3 is 1. The molecular formula is C17H30O4Si. The molecule has 1 rings (SSSR count). The topological polar surface area (TPSA) is 44.8 Å². The van der Waals surface area contributed by atoms with Crippen LogP contribution in [0.4, 0.5) is 0 Å². The minimum atomic E-state index is -1.96. The van der Waals surface area contributed by atoms with E-state index in [1.165, 1.54) is 7.11 Å². The zero-order chi connectivity index (χ0) is 17.0. The second kappa shape index (κ2) is 7.35. The first-order valence-electron chi connectivity index (χ1n) is 7.89. The maximum Gasteiger partial charge on any atom is 0.312 e. The van der Waals surface area contributed by atoms with E-state index in [0.717, 1.165) is 12.8 Å². The first-order chi connectivity index (χ1) is 10.1. The molecule has 1 aliphatic rings. The number of esters is 1. The summed E-state index contributed by atoms with van der Waals surface area (Å²) in [6, 6.07) is 0. The van der Waals surface area contributed by atoms with Crippen LogP contribution in [0.25, 0.3) is 0 Å². The molecule has 0 heterocycles. The highest BCUT2D eigenvalue weighted by atomic mass is 28.4. The van der Waals surface area contributed by atoms with E-state index in [-0.39, 0.29) is 23.0 Å². The number of hydrogen-bond acceptors (Lipinski definition) is 4. The van der Waals surface area contributed by atoms with Crippen LogP contribution >= 0.6 is 0 Å². The van der Waals surface area contributed by atoms with Gasteiger partial charge >= 0.3 is 5.97 Å². The summed E-state index contributed by atoms with van der Waals surface area (Å²) in [5.74, 6) is 0.0159. The Balaban J connectivity index is 2.83. The minimum absolute atomic E-state index is 0.0920. The number of hydrogen-bond donors (Lipinski definition) is 0. The molecular weight excluding hydrogens is 296 g/mol. The highest BCUT2D eigenvalue weighted by molar-refractivity contribution is 6.74. The van der Waals surface area contributed by atoms with Crippen molar-refractivity contribution in [2.75, 3.05) is 7.11 Å². The molecule has 0 saturated carbocycles. The quantitative estimate of drug-likeness (QED) is 0.325. The average Bonchev–Trinajstić information content (AvgIpc) is 2.44. The van der Waals surface area contributed by atoms with Crippen LogP contribution in [0.3, 0.4) is 0 Å². The summed E-state index contributed by atoms with van der Waals surface area (Å²) < 4.78 is 17.1. The van der Waals surface area contributed by atoms with Gasteiger partial charge in [-0.1, -0.05) is 26.8 Å². The molecule has 0 N–H and O–H groups in total. The monoisotopic (exact) mass is 326 g/mol. The normalized spacial score (nSPS) is 23.1. The Bertz CT molecular complexity index is 446. The van der Waals surface area contributed by atoms with Gasteiger partial charge in [-0.2, -0.15) is 0 Å². The Morgan fingerprint density at radius 3 is 2.45 bits per heavy atom. The van der Waals surface area contributed by atoms with Crippen LogP contribution in [0.15, 0.2) is 24.2 Å². The van der Waals surface area contributed by atoms with Crippen molar-refractivity contribution in [2.24, 2.45) is 5.92 Å². The number of ether oxygens (including phenoxy) is 2. The highest BCUT2D eigenvalue weighted by Crippen LogP contribution is 2.38. The van der Waals surface area contributed by atoms with Crippen molar-refractivity contribution in [3.8, 4) is 0 Å². The van der Waals surface area contributed by atoms with Gasteiger partial charge in [0.1, 0.15) is 6.10 Å². The van der Waals surface area contributed by atoms with Gasteiger partial charge in [0.2, 0.25) is 0 Å². The Hall–Kier alpha value is -1.23. The largest absolute Gasteiger partial charge is 0.519 e. The van der Waals surface area contributed by atoms with Crippen LogP contribution in [0.2, 0.25) is 18.1 Å². The van der Waals surface area contributed by atoms with Crippen molar-refractivity contribution in [1.82, 2.24) is 0 Å². The van der Waals surface area contributed by atoms with Crippen LogP contribution in [-0.4, -0.2) is 27.5 Å². The average molecular weight is 327 g/mol. The second-order valence-corrected chi connectivity index (χ2v) is 11.9. The lowest BCUT2D eigenvalue weighted by atomic mass is 9.91. The maximum atomic E-state index is 11.9. The van der Waals surface area contributed by atoms with Gasteiger partial charge in [-0.25, -0.2) is 0 Å². The summed E-state index contributed by atoms with van der Waals surface area (Å²) in [6.07, 6.45) is 7.10. The fourth-order valence-electron chi connectivity index (χ4n) is 2.02. The van der Waals surface area contributed by atoms with Gasteiger partial charge in [0, 0.05) is 0 Å². The van der Waals surface area contributed by atoms with E-state index in [9.17, 15) is 4.79 Å². The molecule has 0 radical (unpaired) electrons. The third kappa shape index (κ3) is 4.63. The standard InChI is InChI=1S/C17H30O4Si/c1-8-15(21-22(6,7)17(2,3)4)20-14-12-10-9-11-13(14)16(18)19-5/h8,10,12-14H,9,11H2,1-7H3/b15-8+/t13-,14-/m0/s1. The second-order valence-electron chi connectivity index (χ2n) is 7.19. The minimum Gasteiger partial charge on any atom is -0.519 e. The van der Waals surface area contributed by atoms with E-state index >= 15 is 0 Å². The van der Waals surface area contributed by atoms with Crippen molar-refractivity contribution >= 4 is 14.3 Å². The smallest absolute Gasteiger partial charge is 0.312 e. The van der Waals surface area contributed by atoms with Crippen LogP contribution in [0.5, 0.6) is 0 Å². The molecule has 0 aromatic heterocycles. The Morgan fingerprint density at radius 2 is 1.95 bits per heavy atom. The molecule has 1 aliphatic carbocycles. The third-order valence-corrected chi connectivity index (χ3v) is 8.84. The van der Waals surface area contributed by atoms with E-state index in [0.29, 0.717) is 5.95 Å². The van der Waals surface area contributed by atoms with Gasteiger partial charge in [-0.05, 0) is 50.0 Å². The van der Waals surface area contributed by atoms with E-state index in [1.807, 2.05) is 25.2 Å². The van der Waals surface area contributed by atoms with Gasteiger partial charge in [-0.15, -0.1) is 0 Å². The van der Waals surface area contributed by atoms with Crippen LogP contribution in [-0.2, 0) is 18.7 Å². The van der Waals surface area contributed by atoms with Crippen molar-refractivity contribution < 1.29 is 18.7 Å².